The fraction of sp³-hybridized carbons (Fsp3) is 0.357. The number of amides is 1. The molecule has 1 amide bonds. The molecule has 0 aliphatic heterocycles. The van der Waals surface area contributed by atoms with Crippen molar-refractivity contribution in [1.29, 1.82) is 0 Å². The molecule has 2 aromatic rings. The topological polar surface area (TPSA) is 54.9 Å². The maximum Gasteiger partial charge on any atom is 0.263 e. The molecule has 0 aliphatic carbocycles. The van der Waals surface area contributed by atoms with Gasteiger partial charge in [0, 0.05) is 24.5 Å². The summed E-state index contributed by atoms with van der Waals surface area (Å²) >= 11 is 1.42. The zero-order valence-corrected chi connectivity index (χ0v) is 12.1. The predicted octanol–water partition coefficient (Wildman–Crippen LogP) is 2.90. The molecule has 0 fully saturated rings. The first kappa shape index (κ1) is 13.7. The molecule has 100 valence electrons. The van der Waals surface area contributed by atoms with Gasteiger partial charge in [-0.2, -0.15) is 0 Å². The second kappa shape index (κ2) is 5.93. The van der Waals surface area contributed by atoms with Crippen LogP contribution in [0.15, 0.2) is 24.5 Å². The number of thiazole rings is 1. The first-order valence-electron chi connectivity index (χ1n) is 6.24. The fourth-order valence-corrected chi connectivity index (χ4v) is 2.59. The first-order chi connectivity index (χ1) is 9.08. The van der Waals surface area contributed by atoms with E-state index in [1.165, 1.54) is 11.3 Å². The van der Waals surface area contributed by atoms with Crippen molar-refractivity contribution in [3.8, 4) is 10.6 Å². The lowest BCUT2D eigenvalue weighted by Gasteiger charge is -2.05. The van der Waals surface area contributed by atoms with E-state index in [1.54, 1.807) is 12.4 Å². The monoisotopic (exact) mass is 275 g/mol. The minimum atomic E-state index is -0.0380. The van der Waals surface area contributed by atoms with Crippen molar-refractivity contribution in [3.05, 3.63) is 35.1 Å². The summed E-state index contributed by atoms with van der Waals surface area (Å²) in [5.74, 6) is 0.404. The predicted molar refractivity (Wildman–Crippen MR) is 77.3 cm³/mol. The van der Waals surface area contributed by atoms with E-state index in [2.05, 4.69) is 29.1 Å². The van der Waals surface area contributed by atoms with E-state index in [0.29, 0.717) is 17.3 Å². The van der Waals surface area contributed by atoms with Gasteiger partial charge in [-0.15, -0.1) is 11.3 Å². The van der Waals surface area contributed by atoms with Gasteiger partial charge in [-0.3, -0.25) is 9.78 Å². The standard InChI is InChI=1S/C14H17N3OS/c1-9(2)8-16-13(18)12-10(3)17-14(19-12)11-4-6-15-7-5-11/h4-7,9H,8H2,1-3H3,(H,16,18). The minimum Gasteiger partial charge on any atom is -0.351 e. The molecule has 0 radical (unpaired) electrons. The van der Waals surface area contributed by atoms with Crippen LogP contribution >= 0.6 is 11.3 Å². The molecule has 19 heavy (non-hydrogen) atoms. The summed E-state index contributed by atoms with van der Waals surface area (Å²) in [4.78, 5) is 21.2. The highest BCUT2D eigenvalue weighted by molar-refractivity contribution is 7.17. The summed E-state index contributed by atoms with van der Waals surface area (Å²) in [6, 6.07) is 3.79. The molecular formula is C14H17N3OS. The lowest BCUT2D eigenvalue weighted by molar-refractivity contribution is 0.0952. The highest BCUT2D eigenvalue weighted by Gasteiger charge is 2.16. The van der Waals surface area contributed by atoms with Crippen molar-refractivity contribution in [3.63, 3.8) is 0 Å². The van der Waals surface area contributed by atoms with Gasteiger partial charge in [0.15, 0.2) is 0 Å². The molecule has 1 N–H and O–H groups in total. The Balaban J connectivity index is 2.20. The molecule has 0 unspecified atom stereocenters. The number of hydrogen-bond acceptors (Lipinski definition) is 4. The Labute approximate surface area is 116 Å². The van der Waals surface area contributed by atoms with E-state index in [0.717, 1.165) is 16.3 Å². The SMILES string of the molecule is Cc1nc(-c2ccncc2)sc1C(=O)NCC(C)C. The zero-order valence-electron chi connectivity index (χ0n) is 11.3. The van der Waals surface area contributed by atoms with E-state index >= 15 is 0 Å². The Morgan fingerprint density at radius 1 is 1.37 bits per heavy atom. The highest BCUT2D eigenvalue weighted by atomic mass is 32.1. The van der Waals surface area contributed by atoms with Crippen LogP contribution in [0, 0.1) is 12.8 Å². The molecule has 0 saturated carbocycles. The van der Waals surface area contributed by atoms with E-state index in [9.17, 15) is 4.79 Å². The summed E-state index contributed by atoms with van der Waals surface area (Å²) in [6.45, 7) is 6.69. The Kier molecular flexibility index (Phi) is 4.27. The van der Waals surface area contributed by atoms with Crippen LogP contribution < -0.4 is 5.32 Å². The van der Waals surface area contributed by atoms with E-state index < -0.39 is 0 Å². The summed E-state index contributed by atoms with van der Waals surface area (Å²) in [5.41, 5.74) is 1.77. The molecule has 5 heteroatoms. The molecule has 0 bridgehead atoms. The molecule has 0 atom stereocenters. The third-order valence-electron chi connectivity index (χ3n) is 2.60. The van der Waals surface area contributed by atoms with E-state index in [4.69, 9.17) is 0 Å². The maximum absolute atomic E-state index is 12.1. The van der Waals surface area contributed by atoms with Crippen LogP contribution in [0.2, 0.25) is 0 Å². The number of aryl methyl sites for hydroxylation is 1. The molecule has 0 spiro atoms. The lowest BCUT2D eigenvalue weighted by Crippen LogP contribution is -2.27. The second-order valence-electron chi connectivity index (χ2n) is 4.77. The zero-order chi connectivity index (χ0) is 13.8. The molecule has 4 nitrogen and oxygen atoms in total. The van der Waals surface area contributed by atoms with Crippen LogP contribution in [0.4, 0.5) is 0 Å². The Hall–Kier alpha value is -1.75. The molecule has 2 aromatic heterocycles. The van der Waals surface area contributed by atoms with Crippen LogP contribution in [0.3, 0.4) is 0 Å². The number of carbonyl (C=O) groups is 1. The lowest BCUT2D eigenvalue weighted by atomic mass is 10.2. The number of hydrogen-bond donors (Lipinski definition) is 1. The van der Waals surface area contributed by atoms with Gasteiger partial charge in [-0.05, 0) is 25.0 Å². The Bertz CT molecular complexity index is 563. The Morgan fingerprint density at radius 2 is 2.05 bits per heavy atom. The summed E-state index contributed by atoms with van der Waals surface area (Å²) in [6.07, 6.45) is 3.45. The van der Waals surface area contributed by atoms with Crippen LogP contribution in [0.5, 0.6) is 0 Å². The van der Waals surface area contributed by atoms with Gasteiger partial charge in [0.05, 0.1) is 5.69 Å². The third kappa shape index (κ3) is 3.38. The molecular weight excluding hydrogens is 258 g/mol. The number of nitrogens with one attached hydrogen (secondary N) is 1. The third-order valence-corrected chi connectivity index (χ3v) is 3.81. The molecule has 2 heterocycles. The van der Waals surface area contributed by atoms with Crippen molar-refractivity contribution in [1.82, 2.24) is 15.3 Å². The molecule has 0 saturated heterocycles. The van der Waals surface area contributed by atoms with Crippen molar-refractivity contribution < 1.29 is 4.79 Å². The number of carbonyl (C=O) groups excluding carboxylic acids is 1. The van der Waals surface area contributed by atoms with Crippen LogP contribution in [-0.4, -0.2) is 22.4 Å². The van der Waals surface area contributed by atoms with E-state index in [1.807, 2.05) is 19.1 Å². The summed E-state index contributed by atoms with van der Waals surface area (Å²) < 4.78 is 0. The largest absolute Gasteiger partial charge is 0.351 e. The van der Waals surface area contributed by atoms with Gasteiger partial charge in [0.25, 0.3) is 5.91 Å². The van der Waals surface area contributed by atoms with Gasteiger partial charge < -0.3 is 5.32 Å². The molecule has 0 aromatic carbocycles. The minimum absolute atomic E-state index is 0.0380. The van der Waals surface area contributed by atoms with Crippen molar-refractivity contribution in [2.45, 2.75) is 20.8 Å². The number of pyridine rings is 1. The van der Waals surface area contributed by atoms with Gasteiger partial charge >= 0.3 is 0 Å². The second-order valence-corrected chi connectivity index (χ2v) is 5.77. The number of rotatable bonds is 4. The summed E-state index contributed by atoms with van der Waals surface area (Å²) in [7, 11) is 0. The smallest absolute Gasteiger partial charge is 0.263 e. The average molecular weight is 275 g/mol. The number of nitrogens with zero attached hydrogens (tertiary/aromatic N) is 2. The summed E-state index contributed by atoms with van der Waals surface area (Å²) in [5, 5.41) is 3.78. The first-order valence-corrected chi connectivity index (χ1v) is 7.05. The van der Waals surface area contributed by atoms with Crippen molar-refractivity contribution in [2.24, 2.45) is 5.92 Å². The average Bonchev–Trinajstić information content (AvgIpc) is 2.79. The normalized spacial score (nSPS) is 10.7. The quantitative estimate of drug-likeness (QED) is 0.933. The number of aromatic nitrogens is 2. The van der Waals surface area contributed by atoms with Crippen molar-refractivity contribution >= 4 is 17.2 Å². The van der Waals surface area contributed by atoms with Crippen LogP contribution in [0.25, 0.3) is 10.6 Å². The highest BCUT2D eigenvalue weighted by Crippen LogP contribution is 2.27. The van der Waals surface area contributed by atoms with Crippen LogP contribution in [-0.2, 0) is 0 Å². The Morgan fingerprint density at radius 3 is 2.68 bits per heavy atom. The van der Waals surface area contributed by atoms with Gasteiger partial charge in [-0.1, -0.05) is 13.8 Å². The van der Waals surface area contributed by atoms with Crippen molar-refractivity contribution in [2.75, 3.05) is 6.54 Å². The van der Waals surface area contributed by atoms with Gasteiger partial charge in [0.2, 0.25) is 0 Å². The maximum atomic E-state index is 12.1. The molecule has 2 rings (SSSR count). The van der Waals surface area contributed by atoms with Gasteiger partial charge in [0.1, 0.15) is 9.88 Å². The van der Waals surface area contributed by atoms with E-state index in [-0.39, 0.29) is 5.91 Å². The fourth-order valence-electron chi connectivity index (χ4n) is 1.60. The van der Waals surface area contributed by atoms with Crippen LogP contribution in [0.1, 0.15) is 29.2 Å². The van der Waals surface area contributed by atoms with Gasteiger partial charge in [-0.25, -0.2) is 4.98 Å². The molecule has 0 aliphatic rings.